The van der Waals surface area contributed by atoms with E-state index < -0.39 is 0 Å². The number of hydrogen-bond donors (Lipinski definition) is 1. The van der Waals surface area contributed by atoms with Crippen LogP contribution in [0.2, 0.25) is 0 Å². The number of benzene rings is 2. The highest BCUT2D eigenvalue weighted by Crippen LogP contribution is 2.17. The average molecular weight is 332 g/mol. The number of hydrogen-bond acceptors (Lipinski definition) is 2. The van der Waals surface area contributed by atoms with Crippen molar-refractivity contribution >= 4 is 33.8 Å². The van der Waals surface area contributed by atoms with Crippen molar-refractivity contribution in [3.05, 3.63) is 64.1 Å². The Hall–Kier alpha value is -1.58. The Kier molecular flexibility index (Phi) is 5.39. The first-order valence-corrected chi connectivity index (χ1v) is 7.34. The standard InChI is InChI=1S/C17H18BrNO/c1-19(11-12-20)17-9-7-14(8-10-17)5-6-15-3-2-4-16(18)13-15/h2-10,13,20H,11-12H2,1H3/b6-5+. The highest BCUT2D eigenvalue weighted by molar-refractivity contribution is 9.10. The molecule has 0 aliphatic carbocycles. The molecule has 2 nitrogen and oxygen atoms in total. The van der Waals surface area contributed by atoms with Crippen LogP contribution in [-0.4, -0.2) is 25.3 Å². The Balaban J connectivity index is 2.07. The molecule has 3 heteroatoms. The smallest absolute Gasteiger partial charge is 0.0606 e. The van der Waals surface area contributed by atoms with Crippen molar-refractivity contribution in [1.82, 2.24) is 0 Å². The summed E-state index contributed by atoms with van der Waals surface area (Å²) in [6.07, 6.45) is 4.19. The fourth-order valence-corrected chi connectivity index (χ4v) is 2.34. The normalized spacial score (nSPS) is 10.9. The predicted octanol–water partition coefficient (Wildman–Crippen LogP) is 4.05. The predicted molar refractivity (Wildman–Crippen MR) is 89.9 cm³/mol. The van der Waals surface area contributed by atoms with E-state index in [1.54, 1.807) is 0 Å². The highest BCUT2D eigenvalue weighted by Gasteiger charge is 1.98. The zero-order chi connectivity index (χ0) is 14.4. The van der Waals surface area contributed by atoms with Crippen molar-refractivity contribution in [2.75, 3.05) is 25.1 Å². The summed E-state index contributed by atoms with van der Waals surface area (Å²) in [5, 5.41) is 8.93. The van der Waals surface area contributed by atoms with Crippen molar-refractivity contribution in [3.63, 3.8) is 0 Å². The molecular weight excluding hydrogens is 314 g/mol. The number of anilines is 1. The summed E-state index contributed by atoms with van der Waals surface area (Å²) in [4.78, 5) is 2.03. The van der Waals surface area contributed by atoms with Crippen molar-refractivity contribution in [1.29, 1.82) is 0 Å². The van der Waals surface area contributed by atoms with Crippen LogP contribution in [0, 0.1) is 0 Å². The van der Waals surface area contributed by atoms with E-state index in [0.717, 1.165) is 15.7 Å². The van der Waals surface area contributed by atoms with Gasteiger partial charge in [-0.3, -0.25) is 0 Å². The Morgan fingerprint density at radius 2 is 1.75 bits per heavy atom. The van der Waals surface area contributed by atoms with Gasteiger partial charge in [0.15, 0.2) is 0 Å². The average Bonchev–Trinajstić information content (AvgIpc) is 2.46. The number of aliphatic hydroxyl groups excluding tert-OH is 1. The lowest BCUT2D eigenvalue weighted by atomic mass is 10.1. The van der Waals surface area contributed by atoms with E-state index in [4.69, 9.17) is 5.11 Å². The monoisotopic (exact) mass is 331 g/mol. The van der Waals surface area contributed by atoms with Crippen molar-refractivity contribution in [2.24, 2.45) is 0 Å². The van der Waals surface area contributed by atoms with Gasteiger partial charge in [0.1, 0.15) is 0 Å². The molecule has 0 spiro atoms. The summed E-state index contributed by atoms with van der Waals surface area (Å²) in [7, 11) is 1.97. The van der Waals surface area contributed by atoms with Crippen LogP contribution < -0.4 is 4.90 Å². The molecule has 0 radical (unpaired) electrons. The number of aliphatic hydroxyl groups is 1. The minimum atomic E-state index is 0.168. The number of halogens is 1. The van der Waals surface area contributed by atoms with Crippen molar-refractivity contribution in [3.8, 4) is 0 Å². The first-order valence-electron chi connectivity index (χ1n) is 6.55. The largest absolute Gasteiger partial charge is 0.395 e. The molecule has 0 bridgehead atoms. The van der Waals surface area contributed by atoms with E-state index in [1.807, 2.05) is 24.1 Å². The molecular formula is C17H18BrNO. The Morgan fingerprint density at radius 1 is 1.05 bits per heavy atom. The topological polar surface area (TPSA) is 23.5 Å². The maximum atomic E-state index is 8.93. The summed E-state index contributed by atoms with van der Waals surface area (Å²) < 4.78 is 1.08. The molecule has 0 saturated carbocycles. The molecule has 0 atom stereocenters. The van der Waals surface area contributed by atoms with Crippen LogP contribution in [0.5, 0.6) is 0 Å². The third kappa shape index (κ3) is 4.22. The zero-order valence-corrected chi connectivity index (χ0v) is 13.0. The molecule has 2 rings (SSSR count). The molecule has 0 fully saturated rings. The van der Waals surface area contributed by atoms with E-state index >= 15 is 0 Å². The summed E-state index contributed by atoms with van der Waals surface area (Å²) >= 11 is 3.47. The van der Waals surface area contributed by atoms with Crippen molar-refractivity contribution < 1.29 is 5.11 Å². The van der Waals surface area contributed by atoms with Crippen LogP contribution in [0.3, 0.4) is 0 Å². The Morgan fingerprint density at radius 3 is 2.40 bits per heavy atom. The van der Waals surface area contributed by atoms with Gasteiger partial charge in [-0.1, -0.05) is 52.3 Å². The molecule has 0 amide bonds. The first-order chi connectivity index (χ1) is 9.69. The van der Waals surface area contributed by atoms with Crippen molar-refractivity contribution in [2.45, 2.75) is 0 Å². The second kappa shape index (κ2) is 7.27. The van der Waals surface area contributed by atoms with Gasteiger partial charge in [0.05, 0.1) is 6.61 Å². The van der Waals surface area contributed by atoms with Crippen LogP contribution >= 0.6 is 15.9 Å². The zero-order valence-electron chi connectivity index (χ0n) is 11.5. The molecule has 104 valence electrons. The van der Waals surface area contributed by atoms with Crippen LogP contribution in [0.1, 0.15) is 11.1 Å². The van der Waals surface area contributed by atoms with Gasteiger partial charge in [0, 0.05) is 23.8 Å². The molecule has 20 heavy (non-hydrogen) atoms. The second-order valence-corrected chi connectivity index (χ2v) is 5.54. The molecule has 0 aliphatic heterocycles. The molecule has 0 aliphatic rings. The highest BCUT2D eigenvalue weighted by atomic mass is 79.9. The second-order valence-electron chi connectivity index (χ2n) is 4.63. The van der Waals surface area contributed by atoms with E-state index in [2.05, 4.69) is 64.5 Å². The molecule has 0 unspecified atom stereocenters. The van der Waals surface area contributed by atoms with E-state index in [0.29, 0.717) is 6.54 Å². The molecule has 2 aromatic rings. The third-order valence-corrected chi connectivity index (χ3v) is 3.58. The number of nitrogens with zero attached hydrogens (tertiary/aromatic N) is 1. The van der Waals surface area contributed by atoms with Gasteiger partial charge in [0.25, 0.3) is 0 Å². The minimum absolute atomic E-state index is 0.168. The first kappa shape index (κ1) is 14.8. The summed E-state index contributed by atoms with van der Waals surface area (Å²) in [5.74, 6) is 0. The van der Waals surface area contributed by atoms with Crippen LogP contribution in [0.25, 0.3) is 12.2 Å². The molecule has 1 N–H and O–H groups in total. The summed E-state index contributed by atoms with van der Waals surface area (Å²) in [6.45, 7) is 0.814. The van der Waals surface area contributed by atoms with E-state index in [-0.39, 0.29) is 6.61 Å². The fourth-order valence-electron chi connectivity index (χ4n) is 1.92. The SMILES string of the molecule is CN(CCO)c1ccc(/C=C/c2cccc(Br)c2)cc1. The fraction of sp³-hybridized carbons (Fsp3) is 0.176. The number of likely N-dealkylation sites (N-methyl/N-ethyl adjacent to an activating group) is 1. The van der Waals surface area contributed by atoms with Gasteiger partial charge < -0.3 is 10.0 Å². The lowest BCUT2D eigenvalue weighted by Gasteiger charge is -2.17. The quantitative estimate of drug-likeness (QED) is 0.835. The lowest BCUT2D eigenvalue weighted by Crippen LogP contribution is -2.20. The summed E-state index contributed by atoms with van der Waals surface area (Å²) in [6, 6.07) is 16.5. The van der Waals surface area contributed by atoms with Gasteiger partial charge in [-0.25, -0.2) is 0 Å². The van der Waals surface area contributed by atoms with Crippen LogP contribution in [0.15, 0.2) is 53.0 Å². The Labute approximate surface area is 128 Å². The van der Waals surface area contributed by atoms with Crippen LogP contribution in [0.4, 0.5) is 5.69 Å². The van der Waals surface area contributed by atoms with Gasteiger partial charge in [0.2, 0.25) is 0 Å². The van der Waals surface area contributed by atoms with Gasteiger partial charge >= 0.3 is 0 Å². The Bertz CT molecular complexity index is 578. The lowest BCUT2D eigenvalue weighted by molar-refractivity contribution is 0.304. The van der Waals surface area contributed by atoms with E-state index in [1.165, 1.54) is 5.56 Å². The van der Waals surface area contributed by atoms with Gasteiger partial charge in [-0.15, -0.1) is 0 Å². The van der Waals surface area contributed by atoms with Gasteiger partial charge in [-0.05, 0) is 35.4 Å². The molecule has 0 heterocycles. The number of rotatable bonds is 5. The molecule has 2 aromatic carbocycles. The molecule has 0 saturated heterocycles. The molecule has 0 aromatic heterocycles. The minimum Gasteiger partial charge on any atom is -0.395 e. The summed E-state index contributed by atoms with van der Waals surface area (Å²) in [5.41, 5.74) is 3.44. The third-order valence-electron chi connectivity index (χ3n) is 3.09. The van der Waals surface area contributed by atoms with E-state index in [9.17, 15) is 0 Å². The maximum Gasteiger partial charge on any atom is 0.0606 e. The van der Waals surface area contributed by atoms with Crippen LogP contribution in [-0.2, 0) is 0 Å². The maximum absolute atomic E-state index is 8.93. The van der Waals surface area contributed by atoms with Gasteiger partial charge in [-0.2, -0.15) is 0 Å².